The number of rotatable bonds is 7. The quantitative estimate of drug-likeness (QED) is 0.811. The fraction of sp³-hybridized carbons (Fsp3) is 0.250. The van der Waals surface area contributed by atoms with Crippen LogP contribution in [0.3, 0.4) is 0 Å². The third kappa shape index (κ3) is 4.81. The number of nitriles is 1. The van der Waals surface area contributed by atoms with Crippen LogP contribution in [0.25, 0.3) is 0 Å². The number of para-hydroxylation sites is 1. The number of amides is 1. The predicted molar refractivity (Wildman–Crippen MR) is 94.4 cm³/mol. The fourth-order valence-electron chi connectivity index (χ4n) is 2.18. The van der Waals surface area contributed by atoms with E-state index in [1.54, 1.807) is 24.3 Å². The highest BCUT2D eigenvalue weighted by Gasteiger charge is 2.20. The Morgan fingerprint density at radius 1 is 1.29 bits per heavy atom. The molecule has 1 aromatic heterocycles. The molecule has 24 heavy (non-hydrogen) atoms. The van der Waals surface area contributed by atoms with Gasteiger partial charge in [-0.05, 0) is 23.6 Å². The summed E-state index contributed by atoms with van der Waals surface area (Å²) >= 11 is 1.49. The van der Waals surface area contributed by atoms with E-state index in [-0.39, 0.29) is 31.0 Å². The minimum absolute atomic E-state index is 0.0632. The van der Waals surface area contributed by atoms with Gasteiger partial charge in [0.1, 0.15) is 6.07 Å². The number of benzene rings is 1. The van der Waals surface area contributed by atoms with E-state index in [4.69, 9.17) is 5.26 Å². The standard InChI is InChI=1S/C16H17N3O3S2/c1-24(21,22)19(15-7-3-2-5-13(15)12-17)9-8-18-16(20)11-14-6-4-10-23-14/h2-7,10H,8-9,11H2,1H3,(H,18,20). The molecule has 0 spiro atoms. The number of hydrogen-bond acceptors (Lipinski definition) is 5. The third-order valence-electron chi connectivity index (χ3n) is 3.25. The van der Waals surface area contributed by atoms with E-state index < -0.39 is 10.0 Å². The van der Waals surface area contributed by atoms with Gasteiger partial charge >= 0.3 is 0 Å². The number of thiophene rings is 1. The summed E-state index contributed by atoms with van der Waals surface area (Å²) in [6.45, 7) is 0.227. The molecule has 0 saturated heterocycles. The minimum atomic E-state index is -3.57. The van der Waals surface area contributed by atoms with Gasteiger partial charge in [-0.3, -0.25) is 9.10 Å². The van der Waals surface area contributed by atoms with Gasteiger partial charge in [0.2, 0.25) is 15.9 Å². The first-order valence-corrected chi connectivity index (χ1v) is 9.90. The van der Waals surface area contributed by atoms with Crippen molar-refractivity contribution in [2.75, 3.05) is 23.7 Å². The SMILES string of the molecule is CS(=O)(=O)N(CCNC(=O)Cc1cccs1)c1ccccc1C#N. The van der Waals surface area contributed by atoms with Gasteiger partial charge in [-0.15, -0.1) is 11.3 Å². The average molecular weight is 363 g/mol. The Labute approximate surface area is 145 Å². The van der Waals surface area contributed by atoms with Crippen molar-refractivity contribution in [2.24, 2.45) is 0 Å². The first kappa shape index (κ1) is 18.0. The first-order chi connectivity index (χ1) is 11.4. The second kappa shape index (κ2) is 7.95. The molecule has 2 rings (SSSR count). The Morgan fingerprint density at radius 2 is 2.04 bits per heavy atom. The lowest BCUT2D eigenvalue weighted by atomic mass is 10.2. The summed E-state index contributed by atoms with van der Waals surface area (Å²) < 4.78 is 25.2. The molecule has 8 heteroatoms. The van der Waals surface area contributed by atoms with E-state index in [2.05, 4.69) is 5.32 Å². The zero-order valence-corrected chi connectivity index (χ0v) is 14.7. The lowest BCUT2D eigenvalue weighted by Gasteiger charge is -2.23. The molecule has 0 fully saturated rings. The summed E-state index contributed by atoms with van der Waals surface area (Å²) in [6.07, 6.45) is 1.35. The number of sulfonamides is 1. The molecule has 0 aliphatic carbocycles. The average Bonchev–Trinajstić information content (AvgIpc) is 3.03. The van der Waals surface area contributed by atoms with E-state index in [1.165, 1.54) is 11.3 Å². The summed E-state index contributed by atoms with van der Waals surface area (Å²) in [5.74, 6) is -0.167. The third-order valence-corrected chi connectivity index (χ3v) is 5.30. The van der Waals surface area contributed by atoms with Gasteiger partial charge in [0.05, 0.1) is 30.5 Å². The highest BCUT2D eigenvalue weighted by Crippen LogP contribution is 2.21. The summed E-state index contributed by atoms with van der Waals surface area (Å²) in [6, 6.07) is 12.2. The van der Waals surface area contributed by atoms with Crippen molar-refractivity contribution in [1.82, 2.24) is 5.32 Å². The van der Waals surface area contributed by atoms with E-state index in [0.717, 1.165) is 15.4 Å². The van der Waals surface area contributed by atoms with Crippen molar-refractivity contribution in [3.05, 3.63) is 52.2 Å². The number of carbonyl (C=O) groups excluding carboxylic acids is 1. The highest BCUT2D eigenvalue weighted by molar-refractivity contribution is 7.92. The van der Waals surface area contributed by atoms with Gasteiger partial charge in [-0.2, -0.15) is 5.26 Å². The lowest BCUT2D eigenvalue weighted by Crippen LogP contribution is -2.38. The van der Waals surface area contributed by atoms with E-state index in [9.17, 15) is 13.2 Å². The van der Waals surface area contributed by atoms with E-state index in [0.29, 0.717) is 5.69 Å². The molecule has 1 aromatic carbocycles. The van der Waals surface area contributed by atoms with Crippen LogP contribution in [-0.4, -0.2) is 33.7 Å². The molecule has 2 aromatic rings. The van der Waals surface area contributed by atoms with Crippen molar-refractivity contribution in [3.8, 4) is 6.07 Å². The van der Waals surface area contributed by atoms with Gasteiger partial charge in [-0.25, -0.2) is 8.42 Å². The van der Waals surface area contributed by atoms with Crippen LogP contribution in [0.5, 0.6) is 0 Å². The monoisotopic (exact) mass is 363 g/mol. The Bertz CT molecular complexity index is 840. The van der Waals surface area contributed by atoms with Crippen LogP contribution >= 0.6 is 11.3 Å². The molecule has 0 bridgehead atoms. The first-order valence-electron chi connectivity index (χ1n) is 7.17. The molecule has 6 nitrogen and oxygen atoms in total. The van der Waals surface area contributed by atoms with Crippen LogP contribution in [0.1, 0.15) is 10.4 Å². The number of anilines is 1. The largest absolute Gasteiger partial charge is 0.354 e. The van der Waals surface area contributed by atoms with Crippen LogP contribution in [0, 0.1) is 11.3 Å². The van der Waals surface area contributed by atoms with Crippen LogP contribution in [-0.2, 0) is 21.2 Å². The van der Waals surface area contributed by atoms with E-state index >= 15 is 0 Å². The smallest absolute Gasteiger partial charge is 0.232 e. The summed E-state index contributed by atoms with van der Waals surface area (Å²) in [7, 11) is -3.57. The Morgan fingerprint density at radius 3 is 2.67 bits per heavy atom. The molecule has 1 heterocycles. The Kier molecular flexibility index (Phi) is 5.95. The van der Waals surface area contributed by atoms with Crippen molar-refractivity contribution in [1.29, 1.82) is 5.26 Å². The van der Waals surface area contributed by atoms with Crippen LogP contribution in [0.15, 0.2) is 41.8 Å². The molecule has 1 N–H and O–H groups in total. The number of nitrogens with zero attached hydrogens (tertiary/aromatic N) is 2. The zero-order valence-electron chi connectivity index (χ0n) is 13.1. The molecule has 0 unspecified atom stereocenters. The van der Waals surface area contributed by atoms with Crippen molar-refractivity contribution >= 4 is 33.0 Å². The van der Waals surface area contributed by atoms with E-state index in [1.807, 2.05) is 23.6 Å². The second-order valence-electron chi connectivity index (χ2n) is 5.07. The normalized spacial score (nSPS) is 10.8. The Balaban J connectivity index is 2.03. The minimum Gasteiger partial charge on any atom is -0.354 e. The molecular formula is C16H17N3O3S2. The number of nitrogens with one attached hydrogen (secondary N) is 1. The van der Waals surface area contributed by atoms with Gasteiger partial charge in [0.25, 0.3) is 0 Å². The molecule has 0 saturated carbocycles. The summed E-state index contributed by atoms with van der Waals surface area (Å²) in [5, 5.41) is 13.8. The maximum Gasteiger partial charge on any atom is 0.232 e. The second-order valence-corrected chi connectivity index (χ2v) is 8.01. The van der Waals surface area contributed by atoms with Crippen molar-refractivity contribution in [3.63, 3.8) is 0 Å². The molecule has 126 valence electrons. The summed E-state index contributed by atoms with van der Waals surface area (Å²) in [5.41, 5.74) is 0.586. The maximum atomic E-state index is 12.0. The molecule has 0 atom stereocenters. The zero-order chi connectivity index (χ0) is 17.6. The van der Waals surface area contributed by atoms with Crippen LogP contribution in [0.4, 0.5) is 5.69 Å². The van der Waals surface area contributed by atoms with Crippen LogP contribution in [0.2, 0.25) is 0 Å². The van der Waals surface area contributed by atoms with Gasteiger partial charge in [0, 0.05) is 11.4 Å². The Hall–Kier alpha value is -2.37. The highest BCUT2D eigenvalue weighted by atomic mass is 32.2. The molecule has 0 aliphatic heterocycles. The lowest BCUT2D eigenvalue weighted by molar-refractivity contribution is -0.120. The predicted octanol–water partition coefficient (Wildman–Crippen LogP) is 1.74. The van der Waals surface area contributed by atoms with Crippen molar-refractivity contribution < 1.29 is 13.2 Å². The topological polar surface area (TPSA) is 90.3 Å². The molecule has 0 radical (unpaired) electrons. The van der Waals surface area contributed by atoms with Crippen LogP contribution < -0.4 is 9.62 Å². The summed E-state index contributed by atoms with van der Waals surface area (Å²) in [4.78, 5) is 12.8. The van der Waals surface area contributed by atoms with Crippen molar-refractivity contribution in [2.45, 2.75) is 6.42 Å². The number of hydrogen-bond donors (Lipinski definition) is 1. The fourth-order valence-corrected chi connectivity index (χ4v) is 3.82. The molecular weight excluding hydrogens is 346 g/mol. The van der Waals surface area contributed by atoms with Gasteiger partial charge in [0.15, 0.2) is 0 Å². The van der Waals surface area contributed by atoms with Gasteiger partial charge in [-0.1, -0.05) is 18.2 Å². The number of carbonyl (C=O) groups is 1. The van der Waals surface area contributed by atoms with Gasteiger partial charge < -0.3 is 5.32 Å². The maximum absolute atomic E-state index is 12.0. The molecule has 0 aliphatic rings. The molecule has 1 amide bonds.